The number of amides is 1. The van der Waals surface area contributed by atoms with Crippen LogP contribution in [-0.2, 0) is 20.9 Å². The number of carboxylic acids is 1. The molecule has 0 heterocycles. The quantitative estimate of drug-likeness (QED) is 0.685. The van der Waals surface area contributed by atoms with Crippen LogP contribution < -0.4 is 5.32 Å². The number of benzene rings is 1. The molecule has 0 aromatic heterocycles. The van der Waals surface area contributed by atoms with Crippen molar-refractivity contribution in [2.75, 3.05) is 13.2 Å². The Kier molecular flexibility index (Phi) is 7.99. The highest BCUT2D eigenvalue weighted by Crippen LogP contribution is 2.08. The molecule has 0 saturated heterocycles. The molecule has 2 N–H and O–H groups in total. The van der Waals surface area contributed by atoms with Gasteiger partial charge in [-0.3, -0.25) is 0 Å². The number of hydrogen-bond donors (Lipinski definition) is 2. The number of carbonyl (C=O) groups excluding carboxylic acids is 1. The van der Waals surface area contributed by atoms with Gasteiger partial charge in [0.15, 0.2) is 6.04 Å². The van der Waals surface area contributed by atoms with Crippen molar-refractivity contribution in [1.29, 1.82) is 0 Å². The van der Waals surface area contributed by atoms with Gasteiger partial charge >= 0.3 is 12.1 Å². The Balaban J connectivity index is 2.39. The van der Waals surface area contributed by atoms with Gasteiger partial charge in [-0.05, 0) is 24.5 Å². The first-order chi connectivity index (χ1) is 10.5. The lowest BCUT2D eigenvalue weighted by atomic mass is 10.1. The third-order valence-corrected chi connectivity index (χ3v) is 3.12. The Bertz CT molecular complexity index is 489. The normalized spacial score (nSPS) is 11.7. The highest BCUT2D eigenvalue weighted by molar-refractivity contribution is 5.79. The number of alkyl carbamates (subject to hydrolysis) is 1. The smallest absolute Gasteiger partial charge is 0.407 e. The molecule has 0 spiro atoms. The summed E-state index contributed by atoms with van der Waals surface area (Å²) in [7, 11) is 0. The molecule has 0 radical (unpaired) electrons. The summed E-state index contributed by atoms with van der Waals surface area (Å²) >= 11 is 0. The van der Waals surface area contributed by atoms with E-state index in [1.165, 1.54) is 0 Å². The number of carboxylic acid groups (broad SMARTS) is 1. The number of aryl methyl sites for hydroxylation is 1. The molecule has 0 aliphatic heterocycles. The van der Waals surface area contributed by atoms with E-state index in [0.717, 1.165) is 24.0 Å². The highest BCUT2D eigenvalue weighted by Gasteiger charge is 2.21. The van der Waals surface area contributed by atoms with Crippen LogP contribution in [0, 0.1) is 6.92 Å². The Morgan fingerprint density at radius 2 is 2.05 bits per heavy atom. The van der Waals surface area contributed by atoms with E-state index in [9.17, 15) is 9.59 Å². The summed E-state index contributed by atoms with van der Waals surface area (Å²) in [6, 6.07) is 6.56. The van der Waals surface area contributed by atoms with Crippen LogP contribution in [0.4, 0.5) is 4.79 Å². The first-order valence-corrected chi connectivity index (χ1v) is 7.33. The molecule has 0 fully saturated rings. The van der Waals surface area contributed by atoms with Crippen molar-refractivity contribution in [1.82, 2.24) is 5.32 Å². The molecule has 1 atom stereocenters. The van der Waals surface area contributed by atoms with Crippen LogP contribution in [-0.4, -0.2) is 36.4 Å². The maximum absolute atomic E-state index is 11.5. The molecule has 1 rings (SSSR count). The van der Waals surface area contributed by atoms with E-state index in [1.807, 2.05) is 38.1 Å². The summed E-state index contributed by atoms with van der Waals surface area (Å²) in [6.45, 7) is 4.38. The fraction of sp³-hybridized carbons (Fsp3) is 0.500. The first-order valence-electron chi connectivity index (χ1n) is 7.33. The number of nitrogens with one attached hydrogen (secondary N) is 1. The fourth-order valence-electron chi connectivity index (χ4n) is 1.73. The molecule has 1 unspecified atom stereocenters. The van der Waals surface area contributed by atoms with Crippen molar-refractivity contribution < 1.29 is 24.2 Å². The lowest BCUT2D eigenvalue weighted by molar-refractivity contribution is -0.141. The number of rotatable bonds is 9. The number of ether oxygens (including phenoxy) is 2. The molecule has 1 aromatic carbocycles. The molecule has 122 valence electrons. The second-order valence-corrected chi connectivity index (χ2v) is 4.97. The van der Waals surface area contributed by atoms with Gasteiger partial charge in [0.2, 0.25) is 0 Å². The molecule has 1 aromatic rings. The molecule has 6 nitrogen and oxygen atoms in total. The zero-order chi connectivity index (χ0) is 16.4. The molecule has 0 aliphatic rings. The zero-order valence-electron chi connectivity index (χ0n) is 13.0. The van der Waals surface area contributed by atoms with E-state index >= 15 is 0 Å². The van der Waals surface area contributed by atoms with Crippen LogP contribution in [0.1, 0.15) is 30.9 Å². The minimum Gasteiger partial charge on any atom is -0.480 e. The van der Waals surface area contributed by atoms with Crippen molar-refractivity contribution in [2.24, 2.45) is 0 Å². The predicted octanol–water partition coefficient (Wildman–Crippen LogP) is 2.49. The highest BCUT2D eigenvalue weighted by atomic mass is 16.5. The van der Waals surface area contributed by atoms with Gasteiger partial charge in [0.25, 0.3) is 0 Å². The van der Waals surface area contributed by atoms with Crippen molar-refractivity contribution in [3.8, 4) is 0 Å². The van der Waals surface area contributed by atoms with Crippen LogP contribution in [0.5, 0.6) is 0 Å². The summed E-state index contributed by atoms with van der Waals surface area (Å²) in [5.41, 5.74) is 2.05. The molecule has 6 heteroatoms. The van der Waals surface area contributed by atoms with Crippen LogP contribution in [0.3, 0.4) is 0 Å². The number of hydrogen-bond acceptors (Lipinski definition) is 4. The number of unbranched alkanes of at least 4 members (excludes halogenated alkanes) is 1. The Hall–Kier alpha value is -2.08. The Morgan fingerprint density at radius 1 is 1.32 bits per heavy atom. The molecule has 0 bridgehead atoms. The maximum Gasteiger partial charge on any atom is 0.407 e. The SMILES string of the molecule is CCCCOC(=O)NC(COCc1ccccc1C)C(=O)O. The fourth-order valence-corrected chi connectivity index (χ4v) is 1.73. The van der Waals surface area contributed by atoms with Crippen molar-refractivity contribution >= 4 is 12.1 Å². The monoisotopic (exact) mass is 309 g/mol. The summed E-state index contributed by atoms with van der Waals surface area (Å²) < 4.78 is 10.3. The van der Waals surface area contributed by atoms with Gasteiger partial charge in [-0.15, -0.1) is 0 Å². The minimum atomic E-state index is -1.16. The molecular formula is C16H23NO5. The summed E-state index contributed by atoms with van der Waals surface area (Å²) in [6.07, 6.45) is 0.907. The average molecular weight is 309 g/mol. The number of carbonyl (C=O) groups is 2. The van der Waals surface area contributed by atoms with Crippen molar-refractivity contribution in [3.63, 3.8) is 0 Å². The zero-order valence-corrected chi connectivity index (χ0v) is 13.0. The molecule has 0 saturated carbocycles. The van der Waals surface area contributed by atoms with Crippen LogP contribution in [0.2, 0.25) is 0 Å². The lowest BCUT2D eigenvalue weighted by Gasteiger charge is -2.15. The minimum absolute atomic E-state index is 0.119. The standard InChI is InChI=1S/C16H23NO5/c1-3-4-9-22-16(20)17-14(15(18)19)11-21-10-13-8-6-5-7-12(13)2/h5-8,14H,3-4,9-11H2,1-2H3,(H,17,20)(H,18,19). The van der Waals surface area contributed by atoms with Gasteiger partial charge in [-0.2, -0.15) is 0 Å². The lowest BCUT2D eigenvalue weighted by Crippen LogP contribution is -2.44. The van der Waals surface area contributed by atoms with Gasteiger partial charge in [0, 0.05) is 0 Å². The van der Waals surface area contributed by atoms with E-state index in [1.54, 1.807) is 0 Å². The Labute approximate surface area is 130 Å². The average Bonchev–Trinajstić information content (AvgIpc) is 2.48. The molecular weight excluding hydrogens is 286 g/mol. The molecule has 22 heavy (non-hydrogen) atoms. The van der Waals surface area contributed by atoms with E-state index in [0.29, 0.717) is 6.61 Å². The van der Waals surface area contributed by atoms with Crippen LogP contribution in [0.25, 0.3) is 0 Å². The van der Waals surface area contributed by atoms with E-state index in [2.05, 4.69) is 5.32 Å². The van der Waals surface area contributed by atoms with E-state index in [4.69, 9.17) is 14.6 Å². The summed E-state index contributed by atoms with van der Waals surface area (Å²) in [5, 5.41) is 11.4. The maximum atomic E-state index is 11.5. The topological polar surface area (TPSA) is 84.9 Å². The van der Waals surface area contributed by atoms with Gasteiger partial charge < -0.3 is 19.9 Å². The van der Waals surface area contributed by atoms with Gasteiger partial charge in [0.05, 0.1) is 19.8 Å². The van der Waals surface area contributed by atoms with Gasteiger partial charge in [-0.25, -0.2) is 9.59 Å². The molecule has 1 amide bonds. The summed E-state index contributed by atoms with van der Waals surface area (Å²) in [5.74, 6) is -1.16. The Morgan fingerprint density at radius 3 is 2.68 bits per heavy atom. The second kappa shape index (κ2) is 9.78. The third-order valence-electron chi connectivity index (χ3n) is 3.12. The van der Waals surface area contributed by atoms with Crippen LogP contribution in [0.15, 0.2) is 24.3 Å². The first kappa shape index (κ1) is 18.0. The van der Waals surface area contributed by atoms with Crippen molar-refractivity contribution in [3.05, 3.63) is 35.4 Å². The van der Waals surface area contributed by atoms with E-state index in [-0.39, 0.29) is 13.2 Å². The third kappa shape index (κ3) is 6.58. The van der Waals surface area contributed by atoms with E-state index < -0.39 is 18.1 Å². The van der Waals surface area contributed by atoms with Crippen LogP contribution >= 0.6 is 0 Å². The number of aliphatic carboxylic acids is 1. The molecule has 0 aliphatic carbocycles. The summed E-state index contributed by atoms with van der Waals surface area (Å²) in [4.78, 5) is 22.6. The second-order valence-electron chi connectivity index (χ2n) is 4.97. The largest absolute Gasteiger partial charge is 0.480 e. The van der Waals surface area contributed by atoms with Crippen molar-refractivity contribution in [2.45, 2.75) is 39.3 Å². The predicted molar refractivity (Wildman–Crippen MR) is 81.7 cm³/mol. The van der Waals surface area contributed by atoms with Gasteiger partial charge in [0.1, 0.15) is 0 Å². The van der Waals surface area contributed by atoms with Gasteiger partial charge in [-0.1, -0.05) is 37.6 Å².